The number of hydrogen-bond donors (Lipinski definition) is 3. The molecule has 1 aliphatic rings. The maximum absolute atomic E-state index is 11.9. The van der Waals surface area contributed by atoms with E-state index in [-0.39, 0.29) is 0 Å². The molecule has 8 heteroatoms. The minimum atomic E-state index is -0.438. The van der Waals surface area contributed by atoms with Crippen LogP contribution in [0.15, 0.2) is 41.8 Å². The van der Waals surface area contributed by atoms with Gasteiger partial charge < -0.3 is 16.4 Å². The van der Waals surface area contributed by atoms with Crippen LogP contribution in [0.5, 0.6) is 0 Å². The first-order chi connectivity index (χ1) is 14.6. The predicted molar refractivity (Wildman–Crippen MR) is 121 cm³/mol. The molecule has 1 aromatic carbocycles. The van der Waals surface area contributed by atoms with Gasteiger partial charge in [-0.1, -0.05) is 12.1 Å². The fourth-order valence-electron chi connectivity index (χ4n) is 3.99. The molecular formula is C22H22N6OS. The van der Waals surface area contributed by atoms with E-state index in [0.29, 0.717) is 18.1 Å². The summed E-state index contributed by atoms with van der Waals surface area (Å²) in [5, 5.41) is 9.83. The Morgan fingerprint density at radius 3 is 3.00 bits per heavy atom. The van der Waals surface area contributed by atoms with Gasteiger partial charge >= 0.3 is 0 Å². The van der Waals surface area contributed by atoms with Gasteiger partial charge in [0.2, 0.25) is 11.9 Å². The SMILES string of the molecule is Cc1cc2c(C(N)=O)cccc2n1-c1nc2c(c(NCc3cccs3)n1)NCCC2. The van der Waals surface area contributed by atoms with Gasteiger partial charge in [0.05, 0.1) is 23.4 Å². The smallest absolute Gasteiger partial charge is 0.249 e. The first kappa shape index (κ1) is 18.6. The second kappa shape index (κ2) is 7.46. The third-order valence-corrected chi connectivity index (χ3v) is 6.25. The minimum absolute atomic E-state index is 0.438. The van der Waals surface area contributed by atoms with Gasteiger partial charge in [-0.05, 0) is 49.4 Å². The van der Waals surface area contributed by atoms with Crippen molar-refractivity contribution < 1.29 is 4.79 Å². The van der Waals surface area contributed by atoms with Crippen LogP contribution in [0.4, 0.5) is 11.5 Å². The van der Waals surface area contributed by atoms with Crippen LogP contribution in [0.1, 0.15) is 33.0 Å². The fraction of sp³-hybridized carbons (Fsp3) is 0.227. The number of primary amides is 1. The summed E-state index contributed by atoms with van der Waals surface area (Å²) < 4.78 is 1.99. The summed E-state index contributed by atoms with van der Waals surface area (Å²) in [6.45, 7) is 3.61. The van der Waals surface area contributed by atoms with E-state index in [0.717, 1.165) is 53.2 Å². The van der Waals surface area contributed by atoms with E-state index in [4.69, 9.17) is 15.7 Å². The number of nitrogens with zero attached hydrogens (tertiary/aromatic N) is 3. The molecule has 4 aromatic rings. The summed E-state index contributed by atoms with van der Waals surface area (Å²) in [4.78, 5) is 22.9. The quantitative estimate of drug-likeness (QED) is 0.457. The number of aryl methyl sites for hydroxylation is 2. The number of hydrogen-bond acceptors (Lipinski definition) is 6. The van der Waals surface area contributed by atoms with E-state index in [2.05, 4.69) is 22.1 Å². The third kappa shape index (κ3) is 3.19. The van der Waals surface area contributed by atoms with Gasteiger partial charge in [-0.3, -0.25) is 9.36 Å². The van der Waals surface area contributed by atoms with Crippen LogP contribution in [0.25, 0.3) is 16.9 Å². The molecule has 0 spiro atoms. The number of carbonyl (C=O) groups is 1. The van der Waals surface area contributed by atoms with Crippen LogP contribution in [0.3, 0.4) is 0 Å². The van der Waals surface area contributed by atoms with Crippen LogP contribution in [-0.2, 0) is 13.0 Å². The third-order valence-electron chi connectivity index (χ3n) is 5.37. The number of thiophene rings is 1. The maximum atomic E-state index is 11.9. The molecular weight excluding hydrogens is 396 g/mol. The molecule has 3 aromatic heterocycles. The lowest BCUT2D eigenvalue weighted by Crippen LogP contribution is -2.19. The van der Waals surface area contributed by atoms with Crippen LogP contribution in [0.2, 0.25) is 0 Å². The molecule has 30 heavy (non-hydrogen) atoms. The van der Waals surface area contributed by atoms with Crippen molar-refractivity contribution in [1.29, 1.82) is 0 Å². The molecule has 0 unspecified atom stereocenters. The number of aromatic nitrogens is 3. The highest BCUT2D eigenvalue weighted by Crippen LogP contribution is 2.31. The summed E-state index contributed by atoms with van der Waals surface area (Å²) in [6, 6.07) is 11.7. The van der Waals surface area contributed by atoms with E-state index in [1.165, 1.54) is 4.88 Å². The lowest BCUT2D eigenvalue weighted by molar-refractivity contribution is 0.100. The molecule has 152 valence electrons. The summed E-state index contributed by atoms with van der Waals surface area (Å²) >= 11 is 1.71. The van der Waals surface area contributed by atoms with Crippen molar-refractivity contribution in [2.45, 2.75) is 26.3 Å². The molecule has 5 rings (SSSR count). The number of rotatable bonds is 5. The van der Waals surface area contributed by atoms with Crippen molar-refractivity contribution >= 4 is 39.7 Å². The van der Waals surface area contributed by atoms with Gasteiger partial charge in [-0.15, -0.1) is 11.3 Å². The lowest BCUT2D eigenvalue weighted by Gasteiger charge is -2.22. The second-order valence-electron chi connectivity index (χ2n) is 7.38. The fourth-order valence-corrected chi connectivity index (χ4v) is 4.63. The first-order valence-electron chi connectivity index (χ1n) is 9.94. The molecule has 0 atom stereocenters. The molecule has 4 N–H and O–H groups in total. The lowest BCUT2D eigenvalue weighted by atomic mass is 10.1. The van der Waals surface area contributed by atoms with Gasteiger partial charge in [0, 0.05) is 28.1 Å². The van der Waals surface area contributed by atoms with Gasteiger partial charge in [0.1, 0.15) is 0 Å². The minimum Gasteiger partial charge on any atom is -0.381 e. The van der Waals surface area contributed by atoms with Gasteiger partial charge in [0.25, 0.3) is 0 Å². The molecule has 0 bridgehead atoms. The van der Waals surface area contributed by atoms with Crippen LogP contribution in [-0.4, -0.2) is 27.0 Å². The Morgan fingerprint density at radius 2 is 2.20 bits per heavy atom. The van der Waals surface area contributed by atoms with Crippen molar-refractivity contribution in [3.05, 3.63) is 63.6 Å². The number of amides is 1. The van der Waals surface area contributed by atoms with Gasteiger partial charge in [-0.25, -0.2) is 4.98 Å². The van der Waals surface area contributed by atoms with Crippen molar-refractivity contribution in [3.63, 3.8) is 0 Å². The average Bonchev–Trinajstić information content (AvgIpc) is 3.38. The molecule has 0 radical (unpaired) electrons. The van der Waals surface area contributed by atoms with E-state index >= 15 is 0 Å². The van der Waals surface area contributed by atoms with E-state index in [9.17, 15) is 4.79 Å². The Morgan fingerprint density at radius 1 is 1.30 bits per heavy atom. The van der Waals surface area contributed by atoms with Crippen molar-refractivity contribution in [2.75, 3.05) is 17.2 Å². The number of benzene rings is 1. The summed E-state index contributed by atoms with van der Waals surface area (Å²) in [7, 11) is 0. The topological polar surface area (TPSA) is 97.9 Å². The van der Waals surface area contributed by atoms with Gasteiger partial charge in [0.15, 0.2) is 5.82 Å². The van der Waals surface area contributed by atoms with Crippen LogP contribution < -0.4 is 16.4 Å². The molecule has 7 nitrogen and oxygen atoms in total. The maximum Gasteiger partial charge on any atom is 0.249 e. The molecule has 0 fully saturated rings. The van der Waals surface area contributed by atoms with E-state index in [1.54, 1.807) is 17.4 Å². The second-order valence-corrected chi connectivity index (χ2v) is 8.41. The van der Waals surface area contributed by atoms with Crippen LogP contribution >= 0.6 is 11.3 Å². The zero-order chi connectivity index (χ0) is 20.7. The number of nitrogens with one attached hydrogen (secondary N) is 2. The Balaban J connectivity index is 1.64. The Kier molecular flexibility index (Phi) is 4.63. The van der Waals surface area contributed by atoms with Crippen molar-refractivity contribution in [3.8, 4) is 5.95 Å². The molecule has 4 heterocycles. The molecule has 1 amide bonds. The average molecular weight is 419 g/mol. The molecule has 0 saturated heterocycles. The number of carbonyl (C=O) groups excluding carboxylic acids is 1. The standard InChI is InChI=1S/C22H22N6OS/c1-13-11-16-15(20(23)29)6-2-8-18(16)28(13)22-26-17-7-3-9-24-19(17)21(27-22)25-12-14-5-4-10-30-14/h2,4-6,8,10-11,24H,3,7,9,12H2,1H3,(H2,23,29)(H,25,26,27). The number of anilines is 2. The predicted octanol–water partition coefficient (Wildman–Crippen LogP) is 3.86. The summed E-state index contributed by atoms with van der Waals surface area (Å²) in [5.74, 6) is 0.960. The zero-order valence-electron chi connectivity index (χ0n) is 16.6. The number of nitrogens with two attached hydrogens (primary N) is 1. The largest absolute Gasteiger partial charge is 0.381 e. The van der Waals surface area contributed by atoms with E-state index in [1.807, 2.05) is 35.8 Å². The van der Waals surface area contributed by atoms with Crippen LogP contribution in [0, 0.1) is 6.92 Å². The zero-order valence-corrected chi connectivity index (χ0v) is 17.4. The Hall–Kier alpha value is -3.39. The highest BCUT2D eigenvalue weighted by Gasteiger charge is 2.21. The Bertz CT molecular complexity index is 1240. The van der Waals surface area contributed by atoms with Crippen molar-refractivity contribution in [2.24, 2.45) is 5.73 Å². The van der Waals surface area contributed by atoms with Crippen molar-refractivity contribution in [1.82, 2.24) is 14.5 Å². The molecule has 1 aliphatic heterocycles. The number of fused-ring (bicyclic) bond motifs is 2. The normalized spacial score (nSPS) is 13.1. The first-order valence-corrected chi connectivity index (χ1v) is 10.8. The Labute approximate surface area is 178 Å². The summed E-state index contributed by atoms with van der Waals surface area (Å²) in [5.41, 5.74) is 9.90. The molecule has 0 aliphatic carbocycles. The van der Waals surface area contributed by atoms with E-state index < -0.39 is 5.91 Å². The monoisotopic (exact) mass is 418 g/mol. The highest BCUT2D eigenvalue weighted by molar-refractivity contribution is 7.09. The van der Waals surface area contributed by atoms with Gasteiger partial charge in [-0.2, -0.15) is 4.98 Å². The summed E-state index contributed by atoms with van der Waals surface area (Å²) in [6.07, 6.45) is 1.93. The highest BCUT2D eigenvalue weighted by atomic mass is 32.1. The molecule has 0 saturated carbocycles.